The lowest BCUT2D eigenvalue weighted by molar-refractivity contribution is -0.133. The van der Waals surface area contributed by atoms with Crippen LogP contribution in [0.15, 0.2) is 18.2 Å². The second-order valence-corrected chi connectivity index (χ2v) is 6.81. The Morgan fingerprint density at radius 1 is 1.45 bits per heavy atom. The Morgan fingerprint density at radius 3 is 2.64 bits per heavy atom. The fraction of sp³-hybridized carbons (Fsp3) is 0.562. The molecule has 1 fully saturated rings. The summed E-state index contributed by atoms with van der Waals surface area (Å²) in [4.78, 5) is 13.9. The predicted molar refractivity (Wildman–Crippen MR) is 82.2 cm³/mol. The number of halogens is 2. The fourth-order valence-corrected chi connectivity index (χ4v) is 3.04. The summed E-state index contributed by atoms with van der Waals surface area (Å²) < 4.78 is 13.9. The van der Waals surface area contributed by atoms with Crippen molar-refractivity contribution < 1.29 is 19.4 Å². The molecule has 2 N–H and O–H groups in total. The molecule has 1 aliphatic rings. The molecule has 1 saturated carbocycles. The number of carbonyl (C=O) groups is 1. The number of hydrogen-bond acceptors (Lipinski definition) is 3. The van der Waals surface area contributed by atoms with Gasteiger partial charge in [0.2, 0.25) is 5.91 Å². The lowest BCUT2D eigenvalue weighted by atomic mass is 9.92. The largest absolute Gasteiger partial charge is 0.396 e. The molecule has 2 atom stereocenters. The summed E-state index contributed by atoms with van der Waals surface area (Å²) in [5.74, 6) is -0.984. The van der Waals surface area contributed by atoms with Gasteiger partial charge < -0.3 is 15.1 Å². The van der Waals surface area contributed by atoms with Crippen molar-refractivity contribution in [3.05, 3.63) is 34.6 Å². The number of benzene rings is 1. The van der Waals surface area contributed by atoms with Gasteiger partial charge in [0, 0.05) is 41.4 Å². The lowest BCUT2D eigenvalue weighted by Crippen LogP contribution is -2.42. The molecule has 0 heterocycles. The van der Waals surface area contributed by atoms with Gasteiger partial charge in [-0.15, -0.1) is 0 Å². The average molecular weight is 330 g/mol. The van der Waals surface area contributed by atoms with Crippen molar-refractivity contribution in [2.45, 2.75) is 19.3 Å². The normalized spacial score (nSPS) is 20.8. The van der Waals surface area contributed by atoms with E-state index < -0.39 is 5.41 Å². The van der Waals surface area contributed by atoms with Gasteiger partial charge in [-0.3, -0.25) is 4.79 Å². The number of aliphatic hydroxyl groups excluding tert-OH is 2. The van der Waals surface area contributed by atoms with E-state index in [1.807, 2.05) is 0 Å². The summed E-state index contributed by atoms with van der Waals surface area (Å²) >= 11 is 6.03. The Hall–Kier alpha value is -1.17. The minimum atomic E-state index is -0.746. The second kappa shape index (κ2) is 6.52. The standard InChI is InChI=1S/C16H21ClFNO3/c1-16(8-20,9-21)7-19(2)15(22)11-6-10(11)14-12(17)4-3-5-13(14)18/h3-5,10-11,20-21H,6-9H2,1-2H3/t10-,11+/m1/s1. The summed E-state index contributed by atoms with van der Waals surface area (Å²) in [5, 5.41) is 19.0. The van der Waals surface area contributed by atoms with Crippen LogP contribution < -0.4 is 0 Å². The van der Waals surface area contributed by atoms with Gasteiger partial charge in [-0.1, -0.05) is 24.6 Å². The van der Waals surface area contributed by atoms with E-state index in [1.165, 1.54) is 11.0 Å². The Balaban J connectivity index is 2.04. The van der Waals surface area contributed by atoms with Gasteiger partial charge in [0.15, 0.2) is 0 Å². The van der Waals surface area contributed by atoms with E-state index in [1.54, 1.807) is 26.1 Å². The monoisotopic (exact) mass is 329 g/mol. The van der Waals surface area contributed by atoms with Crippen molar-refractivity contribution in [1.82, 2.24) is 4.90 Å². The molecule has 6 heteroatoms. The van der Waals surface area contributed by atoms with Gasteiger partial charge in [-0.05, 0) is 18.6 Å². The average Bonchev–Trinajstić information content (AvgIpc) is 3.26. The lowest BCUT2D eigenvalue weighted by Gasteiger charge is -2.30. The first-order chi connectivity index (χ1) is 10.3. The number of aliphatic hydroxyl groups is 2. The Labute approximate surface area is 134 Å². The van der Waals surface area contributed by atoms with Crippen LogP contribution in [0.25, 0.3) is 0 Å². The number of rotatable bonds is 6. The minimum Gasteiger partial charge on any atom is -0.396 e. The highest BCUT2D eigenvalue weighted by atomic mass is 35.5. The van der Waals surface area contributed by atoms with Gasteiger partial charge >= 0.3 is 0 Å². The summed E-state index contributed by atoms with van der Waals surface area (Å²) in [6.45, 7) is 1.52. The van der Waals surface area contributed by atoms with Crippen LogP contribution in [0.3, 0.4) is 0 Å². The van der Waals surface area contributed by atoms with Crippen LogP contribution in [0.4, 0.5) is 4.39 Å². The molecule has 4 nitrogen and oxygen atoms in total. The third kappa shape index (κ3) is 3.42. The van der Waals surface area contributed by atoms with E-state index >= 15 is 0 Å². The zero-order valence-corrected chi connectivity index (χ0v) is 13.5. The first-order valence-electron chi connectivity index (χ1n) is 7.23. The van der Waals surface area contributed by atoms with E-state index in [2.05, 4.69) is 0 Å². The molecule has 0 saturated heterocycles. The number of nitrogens with zero attached hydrogens (tertiary/aromatic N) is 1. The molecule has 1 aliphatic carbocycles. The molecular weight excluding hydrogens is 309 g/mol. The van der Waals surface area contributed by atoms with Crippen LogP contribution in [-0.4, -0.2) is 47.8 Å². The first-order valence-corrected chi connectivity index (χ1v) is 7.61. The highest BCUT2D eigenvalue weighted by Crippen LogP contribution is 2.51. The zero-order chi connectivity index (χ0) is 16.5. The van der Waals surface area contributed by atoms with Crippen molar-refractivity contribution in [1.29, 1.82) is 0 Å². The highest BCUT2D eigenvalue weighted by molar-refractivity contribution is 6.31. The van der Waals surface area contributed by atoms with E-state index in [0.29, 0.717) is 17.0 Å². The summed E-state index contributed by atoms with van der Waals surface area (Å²) in [6, 6.07) is 4.51. The van der Waals surface area contributed by atoms with E-state index in [-0.39, 0.29) is 43.3 Å². The molecule has 122 valence electrons. The van der Waals surface area contributed by atoms with Crippen molar-refractivity contribution in [3.8, 4) is 0 Å². The minimum absolute atomic E-state index is 0.113. The smallest absolute Gasteiger partial charge is 0.226 e. The second-order valence-electron chi connectivity index (χ2n) is 6.41. The van der Waals surface area contributed by atoms with Gasteiger partial charge in [0.25, 0.3) is 0 Å². The van der Waals surface area contributed by atoms with Gasteiger partial charge in [-0.25, -0.2) is 4.39 Å². The van der Waals surface area contributed by atoms with Crippen molar-refractivity contribution >= 4 is 17.5 Å². The molecule has 0 aliphatic heterocycles. The van der Waals surface area contributed by atoms with Crippen molar-refractivity contribution in [2.75, 3.05) is 26.8 Å². The van der Waals surface area contributed by atoms with E-state index in [0.717, 1.165) is 0 Å². The Kier molecular flexibility index (Phi) is 5.10. The molecule has 1 aromatic rings. The van der Waals surface area contributed by atoms with Crippen LogP contribution in [0.5, 0.6) is 0 Å². The van der Waals surface area contributed by atoms with Crippen LogP contribution in [0.1, 0.15) is 24.8 Å². The third-order valence-electron chi connectivity index (χ3n) is 4.24. The van der Waals surface area contributed by atoms with Gasteiger partial charge in [0.1, 0.15) is 5.82 Å². The molecule has 2 rings (SSSR count). The quantitative estimate of drug-likeness (QED) is 0.839. The molecule has 22 heavy (non-hydrogen) atoms. The first kappa shape index (κ1) is 17.2. The maximum absolute atomic E-state index is 13.9. The molecule has 1 amide bonds. The van der Waals surface area contributed by atoms with Crippen LogP contribution >= 0.6 is 11.6 Å². The van der Waals surface area contributed by atoms with E-state index in [4.69, 9.17) is 11.6 Å². The summed E-state index contributed by atoms with van der Waals surface area (Å²) in [6.07, 6.45) is 0.568. The number of amides is 1. The summed E-state index contributed by atoms with van der Waals surface area (Å²) in [5.41, 5.74) is -0.340. The zero-order valence-electron chi connectivity index (χ0n) is 12.7. The van der Waals surface area contributed by atoms with Gasteiger partial charge in [-0.2, -0.15) is 0 Å². The Bertz CT molecular complexity index is 542. The molecule has 1 aromatic carbocycles. The van der Waals surface area contributed by atoms with Gasteiger partial charge in [0.05, 0.1) is 13.2 Å². The number of carbonyl (C=O) groups excluding carboxylic acids is 1. The highest BCUT2D eigenvalue weighted by Gasteiger charge is 2.47. The third-order valence-corrected chi connectivity index (χ3v) is 4.57. The maximum atomic E-state index is 13.9. The van der Waals surface area contributed by atoms with Crippen LogP contribution in [0, 0.1) is 17.2 Å². The molecule has 0 aromatic heterocycles. The SMILES string of the molecule is CN(CC(C)(CO)CO)C(=O)[C@H]1C[C@H]1c1c(F)cccc1Cl. The van der Waals surface area contributed by atoms with Crippen LogP contribution in [-0.2, 0) is 4.79 Å². The molecular formula is C16H21ClFNO3. The summed E-state index contributed by atoms with van der Waals surface area (Å²) in [7, 11) is 1.63. The molecule has 0 unspecified atom stereocenters. The maximum Gasteiger partial charge on any atom is 0.226 e. The Morgan fingerprint density at radius 2 is 2.09 bits per heavy atom. The van der Waals surface area contributed by atoms with Crippen LogP contribution in [0.2, 0.25) is 5.02 Å². The number of hydrogen-bond donors (Lipinski definition) is 2. The van der Waals surface area contributed by atoms with Crippen molar-refractivity contribution in [2.24, 2.45) is 11.3 Å². The van der Waals surface area contributed by atoms with E-state index in [9.17, 15) is 19.4 Å². The fourth-order valence-electron chi connectivity index (χ4n) is 2.74. The molecule has 0 radical (unpaired) electrons. The topological polar surface area (TPSA) is 60.8 Å². The molecule has 0 spiro atoms. The molecule has 0 bridgehead atoms. The van der Waals surface area contributed by atoms with Crippen molar-refractivity contribution in [3.63, 3.8) is 0 Å². The predicted octanol–water partition coefficient (Wildman–Crippen LogP) is 2.03.